The molecule has 0 saturated heterocycles. The van der Waals surface area contributed by atoms with Gasteiger partial charge in [0.15, 0.2) is 0 Å². The third kappa shape index (κ3) is 4.03. The average molecular weight is 367 g/mol. The molecule has 0 unspecified atom stereocenters. The van der Waals surface area contributed by atoms with E-state index in [4.69, 9.17) is 0 Å². The Labute approximate surface area is 159 Å². The largest absolute Gasteiger partial charge is 0.311 e. The standard InChI is InChI=1S/C22H26FN3O/c1-14(27)26-21-9-7-16(12-24-21)13-25-22(18-4-2-3-5-20(18)23)19-11-15-6-8-17(19)10-15/h2-5,7,9,12,15,17,19,22,25H,6,8,10-11,13H2,1H3,(H,24,26,27)/t15-,17-,19-,22+/m0/s1. The summed E-state index contributed by atoms with van der Waals surface area (Å²) in [7, 11) is 0. The molecule has 1 aromatic carbocycles. The number of nitrogens with one attached hydrogen (secondary N) is 2. The third-order valence-electron chi connectivity index (χ3n) is 6.12. The molecule has 1 heterocycles. The summed E-state index contributed by atoms with van der Waals surface area (Å²) in [6, 6.07) is 10.9. The zero-order valence-corrected chi connectivity index (χ0v) is 15.6. The Morgan fingerprint density at radius 1 is 1.22 bits per heavy atom. The van der Waals surface area contributed by atoms with E-state index in [1.165, 1.54) is 32.6 Å². The minimum absolute atomic E-state index is 0.0246. The molecule has 0 aliphatic heterocycles. The van der Waals surface area contributed by atoms with Gasteiger partial charge in [-0.15, -0.1) is 0 Å². The monoisotopic (exact) mass is 367 g/mol. The van der Waals surface area contributed by atoms with Crippen LogP contribution in [-0.4, -0.2) is 10.9 Å². The molecule has 0 spiro atoms. The van der Waals surface area contributed by atoms with Gasteiger partial charge in [0.05, 0.1) is 0 Å². The predicted molar refractivity (Wildman–Crippen MR) is 103 cm³/mol. The maximum atomic E-state index is 14.5. The number of amides is 1. The van der Waals surface area contributed by atoms with E-state index in [-0.39, 0.29) is 17.8 Å². The summed E-state index contributed by atoms with van der Waals surface area (Å²) in [5.74, 6) is 2.29. The van der Waals surface area contributed by atoms with Crippen molar-refractivity contribution in [2.45, 2.75) is 45.2 Å². The second kappa shape index (κ2) is 7.77. The second-order valence-corrected chi connectivity index (χ2v) is 7.95. The van der Waals surface area contributed by atoms with Crippen molar-refractivity contribution in [3.05, 3.63) is 59.5 Å². The number of nitrogens with zero attached hydrogens (tertiary/aromatic N) is 1. The van der Waals surface area contributed by atoms with Crippen LogP contribution in [0.15, 0.2) is 42.6 Å². The fourth-order valence-corrected chi connectivity index (χ4v) is 4.93. The van der Waals surface area contributed by atoms with Gasteiger partial charge < -0.3 is 10.6 Å². The lowest BCUT2D eigenvalue weighted by molar-refractivity contribution is -0.114. The number of carbonyl (C=O) groups is 1. The molecule has 4 nitrogen and oxygen atoms in total. The first-order valence-electron chi connectivity index (χ1n) is 9.80. The molecule has 4 rings (SSSR count). The summed E-state index contributed by atoms with van der Waals surface area (Å²) in [6.07, 6.45) is 6.85. The Morgan fingerprint density at radius 3 is 2.70 bits per heavy atom. The summed E-state index contributed by atoms with van der Waals surface area (Å²) in [5, 5.41) is 6.29. The van der Waals surface area contributed by atoms with Crippen LogP contribution in [0.5, 0.6) is 0 Å². The summed E-state index contributed by atoms with van der Waals surface area (Å²) in [4.78, 5) is 15.4. The fraction of sp³-hybridized carbons (Fsp3) is 0.455. The number of fused-ring (bicyclic) bond motifs is 2. The smallest absolute Gasteiger partial charge is 0.222 e. The van der Waals surface area contributed by atoms with Crippen molar-refractivity contribution in [3.8, 4) is 0 Å². The first-order chi connectivity index (χ1) is 13.1. The van der Waals surface area contributed by atoms with Gasteiger partial charge in [0.1, 0.15) is 11.6 Å². The van der Waals surface area contributed by atoms with E-state index in [0.29, 0.717) is 24.2 Å². The van der Waals surface area contributed by atoms with Crippen LogP contribution in [0.1, 0.15) is 49.8 Å². The number of benzene rings is 1. The van der Waals surface area contributed by atoms with Gasteiger partial charge >= 0.3 is 0 Å². The van der Waals surface area contributed by atoms with Gasteiger partial charge in [-0.3, -0.25) is 4.79 Å². The number of carbonyl (C=O) groups excluding carboxylic acids is 1. The molecule has 2 saturated carbocycles. The molecule has 27 heavy (non-hydrogen) atoms. The molecule has 2 bridgehead atoms. The first kappa shape index (κ1) is 18.1. The molecule has 2 aromatic rings. The molecular weight excluding hydrogens is 341 g/mol. The molecule has 0 radical (unpaired) electrons. The van der Waals surface area contributed by atoms with E-state index < -0.39 is 0 Å². The molecule has 4 atom stereocenters. The number of halogens is 1. The average Bonchev–Trinajstić information content (AvgIpc) is 3.28. The molecular formula is C22H26FN3O. The summed E-state index contributed by atoms with van der Waals surface area (Å²) in [5.41, 5.74) is 1.80. The summed E-state index contributed by atoms with van der Waals surface area (Å²) >= 11 is 0. The predicted octanol–water partition coefficient (Wildman–Crippen LogP) is 4.45. The van der Waals surface area contributed by atoms with E-state index in [1.54, 1.807) is 24.4 Å². The molecule has 2 aliphatic rings. The highest BCUT2D eigenvalue weighted by atomic mass is 19.1. The highest BCUT2D eigenvalue weighted by Gasteiger charge is 2.43. The maximum Gasteiger partial charge on any atom is 0.222 e. The highest BCUT2D eigenvalue weighted by Crippen LogP contribution is 2.52. The molecule has 1 amide bonds. The van der Waals surface area contributed by atoms with E-state index in [2.05, 4.69) is 15.6 Å². The quantitative estimate of drug-likeness (QED) is 0.793. The Balaban J connectivity index is 1.50. The van der Waals surface area contributed by atoms with Crippen LogP contribution in [0, 0.1) is 23.6 Å². The van der Waals surface area contributed by atoms with Crippen molar-refractivity contribution < 1.29 is 9.18 Å². The van der Waals surface area contributed by atoms with Crippen LogP contribution < -0.4 is 10.6 Å². The number of aromatic nitrogens is 1. The minimum Gasteiger partial charge on any atom is -0.311 e. The summed E-state index contributed by atoms with van der Waals surface area (Å²) in [6.45, 7) is 2.09. The van der Waals surface area contributed by atoms with Gasteiger partial charge in [0, 0.05) is 31.3 Å². The van der Waals surface area contributed by atoms with Gasteiger partial charge in [0.2, 0.25) is 5.91 Å². The minimum atomic E-state index is -0.135. The lowest BCUT2D eigenvalue weighted by Crippen LogP contribution is -2.32. The maximum absolute atomic E-state index is 14.5. The Bertz CT molecular complexity index is 807. The summed E-state index contributed by atoms with van der Waals surface area (Å²) < 4.78 is 14.5. The molecule has 2 N–H and O–H groups in total. The van der Waals surface area contributed by atoms with Crippen molar-refractivity contribution in [2.24, 2.45) is 17.8 Å². The van der Waals surface area contributed by atoms with Crippen molar-refractivity contribution in [2.75, 3.05) is 5.32 Å². The lowest BCUT2D eigenvalue weighted by atomic mass is 9.80. The van der Waals surface area contributed by atoms with Crippen LogP contribution >= 0.6 is 0 Å². The Morgan fingerprint density at radius 2 is 2.07 bits per heavy atom. The highest BCUT2D eigenvalue weighted by molar-refractivity contribution is 5.87. The fourth-order valence-electron chi connectivity index (χ4n) is 4.93. The van der Waals surface area contributed by atoms with Crippen molar-refractivity contribution >= 4 is 11.7 Å². The molecule has 1 aromatic heterocycles. The van der Waals surface area contributed by atoms with E-state index in [0.717, 1.165) is 17.0 Å². The van der Waals surface area contributed by atoms with Crippen LogP contribution in [0.2, 0.25) is 0 Å². The number of hydrogen-bond acceptors (Lipinski definition) is 3. The van der Waals surface area contributed by atoms with Crippen molar-refractivity contribution in [1.82, 2.24) is 10.3 Å². The van der Waals surface area contributed by atoms with Crippen LogP contribution in [0.25, 0.3) is 0 Å². The van der Waals surface area contributed by atoms with E-state index in [1.807, 2.05) is 18.2 Å². The Hall–Kier alpha value is -2.27. The number of pyridine rings is 1. The SMILES string of the molecule is CC(=O)Nc1ccc(CN[C@H](c2ccccc2F)[C@H]2C[C@H]3CC[C@H]2C3)cn1. The van der Waals surface area contributed by atoms with Gasteiger partial charge in [-0.1, -0.05) is 30.7 Å². The van der Waals surface area contributed by atoms with Crippen LogP contribution in [0.4, 0.5) is 10.2 Å². The molecule has 2 aliphatic carbocycles. The molecule has 2 fully saturated rings. The van der Waals surface area contributed by atoms with E-state index >= 15 is 0 Å². The number of hydrogen-bond donors (Lipinski definition) is 2. The number of rotatable bonds is 6. The van der Waals surface area contributed by atoms with Gasteiger partial charge in [-0.25, -0.2) is 9.37 Å². The van der Waals surface area contributed by atoms with Crippen LogP contribution in [0.3, 0.4) is 0 Å². The Kier molecular flexibility index (Phi) is 5.21. The van der Waals surface area contributed by atoms with Crippen molar-refractivity contribution in [1.29, 1.82) is 0 Å². The zero-order valence-electron chi connectivity index (χ0n) is 15.6. The second-order valence-electron chi connectivity index (χ2n) is 7.95. The number of anilines is 1. The normalized spacial score (nSPS) is 24.7. The van der Waals surface area contributed by atoms with Crippen molar-refractivity contribution in [3.63, 3.8) is 0 Å². The van der Waals surface area contributed by atoms with Gasteiger partial charge in [-0.05, 0) is 54.7 Å². The first-order valence-corrected chi connectivity index (χ1v) is 9.80. The van der Waals surface area contributed by atoms with Gasteiger partial charge in [-0.2, -0.15) is 0 Å². The van der Waals surface area contributed by atoms with Gasteiger partial charge in [0.25, 0.3) is 0 Å². The zero-order chi connectivity index (χ0) is 18.8. The molecule has 5 heteroatoms. The third-order valence-corrected chi connectivity index (χ3v) is 6.12. The lowest BCUT2D eigenvalue weighted by Gasteiger charge is -2.32. The molecule has 142 valence electrons. The van der Waals surface area contributed by atoms with Crippen LogP contribution in [-0.2, 0) is 11.3 Å². The van der Waals surface area contributed by atoms with E-state index in [9.17, 15) is 9.18 Å². The topological polar surface area (TPSA) is 54.0 Å².